The fourth-order valence-corrected chi connectivity index (χ4v) is 11.1. The third-order valence-electron chi connectivity index (χ3n) is 13.4. The Morgan fingerprint density at radius 1 is 0.311 bits per heavy atom. The summed E-state index contributed by atoms with van der Waals surface area (Å²) >= 11 is 0. The van der Waals surface area contributed by atoms with Gasteiger partial charge in [-0.2, -0.15) is 15.0 Å². The van der Waals surface area contributed by atoms with Crippen LogP contribution >= 0.6 is 0 Å². The molecule has 3 aromatic heterocycles. The topological polar surface area (TPSA) is 48.5 Å². The lowest BCUT2D eigenvalue weighted by atomic mass is 9.63. The summed E-state index contributed by atoms with van der Waals surface area (Å²) in [4.78, 5) is 16.3. The van der Waals surface area contributed by atoms with Gasteiger partial charge < -0.3 is 0 Å². The fourth-order valence-electron chi connectivity index (χ4n) is 11.1. The second-order valence-electron chi connectivity index (χ2n) is 16.3. The van der Waals surface area contributed by atoms with Crippen molar-refractivity contribution in [1.82, 2.24) is 24.1 Å². The van der Waals surface area contributed by atoms with E-state index >= 15 is 0 Å². The molecule has 3 heterocycles. The maximum Gasteiger partial charge on any atom is 0.240 e. The van der Waals surface area contributed by atoms with Crippen molar-refractivity contribution in [1.29, 1.82) is 0 Å². The van der Waals surface area contributed by atoms with Gasteiger partial charge in [0.15, 0.2) is 5.82 Å². The lowest BCUT2D eigenvalue weighted by Crippen LogP contribution is -2.30. The molecule has 5 heteroatoms. The summed E-state index contributed by atoms with van der Waals surface area (Å²) in [6, 6.07) is 72.4. The van der Waals surface area contributed by atoms with Crippen molar-refractivity contribution in [2.24, 2.45) is 0 Å². The van der Waals surface area contributed by atoms with Crippen LogP contribution in [0.1, 0.15) is 22.3 Å². The van der Waals surface area contributed by atoms with Gasteiger partial charge in [-0.3, -0.25) is 9.13 Å². The second-order valence-corrected chi connectivity index (χ2v) is 16.3. The van der Waals surface area contributed by atoms with E-state index in [1.54, 1.807) is 0 Å². The number of fused-ring (bicyclic) bond motifs is 10. The van der Waals surface area contributed by atoms with Gasteiger partial charge in [0.1, 0.15) is 0 Å². The number of hydrogen-bond acceptors (Lipinski definition) is 3. The maximum absolute atomic E-state index is 5.54. The minimum atomic E-state index is -0.546. The van der Waals surface area contributed by atoms with Gasteiger partial charge in [-0.15, -0.1) is 0 Å². The van der Waals surface area contributed by atoms with Crippen molar-refractivity contribution in [3.63, 3.8) is 0 Å². The Hall–Kier alpha value is -8.15. The molecule has 0 fully saturated rings. The summed E-state index contributed by atoms with van der Waals surface area (Å²) in [7, 11) is 0. The Morgan fingerprint density at radius 2 is 0.787 bits per heavy atom. The lowest BCUT2D eigenvalue weighted by Gasteiger charge is -2.38. The Morgan fingerprint density at radius 3 is 1.44 bits per heavy atom. The minimum Gasteiger partial charge on any atom is -0.278 e. The standard InChI is InChI=1S/C56H33N5/c1-3-17-34(18-4-1)41-33-49-52-50-40(41)25-15-28-44(50)56(42-26-11-7-21-36(42)37-22-8-12-27-43(37)56)45-29-16-32-48(51(45)52)61(49)55-58-53(35-19-5-2-6-20-35)57-54(59-55)60-46-30-13-9-23-38(46)39-24-10-14-31-47(39)60/h1-33H. The van der Waals surface area contributed by atoms with Crippen LogP contribution in [0.5, 0.6) is 0 Å². The zero-order valence-electron chi connectivity index (χ0n) is 32.8. The summed E-state index contributed by atoms with van der Waals surface area (Å²) in [5, 5.41) is 7.27. The van der Waals surface area contributed by atoms with Gasteiger partial charge in [0, 0.05) is 27.1 Å². The van der Waals surface area contributed by atoms with Crippen LogP contribution in [-0.4, -0.2) is 24.1 Å². The second kappa shape index (κ2) is 12.0. The van der Waals surface area contributed by atoms with Crippen molar-refractivity contribution < 1.29 is 0 Å². The van der Waals surface area contributed by atoms with Crippen LogP contribution in [0, 0.1) is 0 Å². The third kappa shape index (κ3) is 4.17. The molecule has 0 saturated carbocycles. The minimum absolute atomic E-state index is 0.546. The number of aromatic nitrogens is 5. The van der Waals surface area contributed by atoms with Crippen LogP contribution in [0.4, 0.5) is 0 Å². The van der Waals surface area contributed by atoms with E-state index in [9.17, 15) is 0 Å². The molecule has 0 radical (unpaired) electrons. The monoisotopic (exact) mass is 775 g/mol. The van der Waals surface area contributed by atoms with Gasteiger partial charge in [0.05, 0.1) is 27.5 Å². The zero-order valence-corrected chi connectivity index (χ0v) is 32.8. The van der Waals surface area contributed by atoms with Gasteiger partial charge >= 0.3 is 0 Å². The van der Waals surface area contributed by atoms with Crippen LogP contribution in [0.15, 0.2) is 200 Å². The van der Waals surface area contributed by atoms with Gasteiger partial charge in [0.2, 0.25) is 11.9 Å². The molecule has 0 N–H and O–H groups in total. The lowest BCUT2D eigenvalue weighted by molar-refractivity contribution is 0.783. The number of rotatable bonds is 4. The van der Waals surface area contributed by atoms with Crippen LogP contribution < -0.4 is 0 Å². The summed E-state index contributed by atoms with van der Waals surface area (Å²) in [6.45, 7) is 0. The van der Waals surface area contributed by atoms with Crippen LogP contribution in [0.2, 0.25) is 0 Å². The highest BCUT2D eigenvalue weighted by Crippen LogP contribution is 2.62. The van der Waals surface area contributed by atoms with E-state index in [1.807, 2.05) is 18.2 Å². The van der Waals surface area contributed by atoms with Crippen molar-refractivity contribution in [2.45, 2.75) is 5.41 Å². The first-order valence-electron chi connectivity index (χ1n) is 20.9. The molecule has 5 nitrogen and oxygen atoms in total. The highest BCUT2D eigenvalue weighted by Gasteiger charge is 2.50. The van der Waals surface area contributed by atoms with E-state index in [0.29, 0.717) is 17.7 Å². The van der Waals surface area contributed by atoms with E-state index in [-0.39, 0.29) is 0 Å². The van der Waals surface area contributed by atoms with E-state index in [4.69, 9.17) is 15.0 Å². The molecule has 2 aliphatic rings. The number of hydrogen-bond donors (Lipinski definition) is 0. The van der Waals surface area contributed by atoms with Crippen LogP contribution in [0.3, 0.4) is 0 Å². The predicted octanol–water partition coefficient (Wildman–Crippen LogP) is 13.2. The molecule has 0 unspecified atom stereocenters. The van der Waals surface area contributed by atoms with Crippen molar-refractivity contribution in [2.75, 3.05) is 0 Å². The average Bonchev–Trinajstić information content (AvgIpc) is 3.96. The molecule has 12 aromatic rings. The summed E-state index contributed by atoms with van der Waals surface area (Å²) in [6.07, 6.45) is 0. The quantitative estimate of drug-likeness (QED) is 0.179. The predicted molar refractivity (Wildman–Crippen MR) is 248 cm³/mol. The summed E-state index contributed by atoms with van der Waals surface area (Å²) in [5.74, 6) is 1.76. The number of para-hydroxylation sites is 2. The molecule has 1 spiro atoms. The highest BCUT2D eigenvalue weighted by molar-refractivity contribution is 6.29. The van der Waals surface area contributed by atoms with E-state index < -0.39 is 5.41 Å². The molecule has 9 aromatic carbocycles. The molecule has 2 aliphatic carbocycles. The Kier molecular flexibility index (Phi) is 6.43. The van der Waals surface area contributed by atoms with Gasteiger partial charge in [-0.25, -0.2) is 0 Å². The first kappa shape index (κ1) is 32.8. The van der Waals surface area contributed by atoms with Crippen LogP contribution in [0.25, 0.3) is 99.9 Å². The third-order valence-corrected chi connectivity index (χ3v) is 13.4. The number of nitrogens with zero attached hydrogens (tertiary/aromatic N) is 5. The molecule has 0 amide bonds. The first-order valence-corrected chi connectivity index (χ1v) is 20.9. The smallest absolute Gasteiger partial charge is 0.240 e. The van der Waals surface area contributed by atoms with Crippen molar-refractivity contribution in [3.05, 3.63) is 222 Å². The maximum atomic E-state index is 5.54. The molecule has 14 rings (SSSR count). The van der Waals surface area contributed by atoms with Crippen LogP contribution in [-0.2, 0) is 5.41 Å². The molecule has 0 aliphatic heterocycles. The number of benzene rings is 9. The van der Waals surface area contributed by atoms with Crippen molar-refractivity contribution >= 4 is 54.4 Å². The van der Waals surface area contributed by atoms with E-state index in [0.717, 1.165) is 44.0 Å². The molecular weight excluding hydrogens is 743 g/mol. The first-order chi connectivity index (χ1) is 30.3. The summed E-state index contributed by atoms with van der Waals surface area (Å²) in [5.41, 5.74) is 14.7. The largest absolute Gasteiger partial charge is 0.278 e. The SMILES string of the molecule is c1ccc(-c2nc(-n3c4ccccc4c4ccccc43)nc(-n3c4cccc5c4c4c6c(cccc6c(-c6ccccc6)cc43)C53c4ccccc4-c4ccccc43)n2)cc1. The molecule has 0 bridgehead atoms. The summed E-state index contributed by atoms with van der Waals surface area (Å²) < 4.78 is 4.51. The highest BCUT2D eigenvalue weighted by atomic mass is 15.3. The molecular formula is C56H33N5. The Bertz CT molecular complexity index is 3720. The van der Waals surface area contributed by atoms with Gasteiger partial charge in [-0.05, 0) is 79.5 Å². The normalized spacial score (nSPS) is 13.4. The Balaban J connectivity index is 1.18. The molecule has 61 heavy (non-hydrogen) atoms. The molecule has 0 saturated heterocycles. The Labute approximate surface area is 350 Å². The molecule has 0 atom stereocenters. The fraction of sp³-hybridized carbons (Fsp3) is 0.0179. The molecule has 282 valence electrons. The van der Waals surface area contributed by atoms with E-state index in [1.165, 1.54) is 60.5 Å². The zero-order chi connectivity index (χ0) is 39.8. The van der Waals surface area contributed by atoms with Gasteiger partial charge in [0.25, 0.3) is 0 Å². The van der Waals surface area contributed by atoms with Gasteiger partial charge in [-0.1, -0.05) is 176 Å². The van der Waals surface area contributed by atoms with E-state index in [2.05, 4.69) is 191 Å². The average molecular weight is 776 g/mol. The van der Waals surface area contributed by atoms with Crippen molar-refractivity contribution in [3.8, 4) is 45.5 Å².